The van der Waals surface area contributed by atoms with Gasteiger partial charge < -0.3 is 10.2 Å². The highest BCUT2D eigenvalue weighted by Crippen LogP contribution is 2.21. The number of nitrogens with one attached hydrogen (secondary N) is 1. The summed E-state index contributed by atoms with van der Waals surface area (Å²) >= 11 is 0. The van der Waals surface area contributed by atoms with Crippen molar-refractivity contribution >= 4 is 5.91 Å². The molecule has 1 fully saturated rings. The minimum absolute atomic E-state index is 0.0616. The summed E-state index contributed by atoms with van der Waals surface area (Å²) in [4.78, 5) is 14.1. The molecule has 1 N–H and O–H groups in total. The molecule has 0 bridgehead atoms. The van der Waals surface area contributed by atoms with Crippen molar-refractivity contribution in [3.8, 4) is 6.07 Å². The van der Waals surface area contributed by atoms with Crippen LogP contribution >= 0.6 is 0 Å². The van der Waals surface area contributed by atoms with Crippen LogP contribution in [0.1, 0.15) is 34.1 Å². The van der Waals surface area contributed by atoms with Gasteiger partial charge in [-0.05, 0) is 19.8 Å². The number of hydrogen-bond donors (Lipinski definition) is 1. The largest absolute Gasteiger partial charge is 0.335 e. The zero-order valence-corrected chi connectivity index (χ0v) is 10.6. The number of rotatable bonds is 3. The second-order valence-electron chi connectivity index (χ2n) is 5.45. The zero-order chi connectivity index (χ0) is 12.3. The van der Waals surface area contributed by atoms with Crippen molar-refractivity contribution in [2.75, 3.05) is 13.1 Å². The van der Waals surface area contributed by atoms with Crippen LogP contribution in [-0.4, -0.2) is 35.5 Å². The lowest BCUT2D eigenvalue weighted by Gasteiger charge is -2.46. The van der Waals surface area contributed by atoms with Gasteiger partial charge in [0.1, 0.15) is 6.04 Å². The van der Waals surface area contributed by atoms with E-state index in [0.717, 1.165) is 13.1 Å². The number of nitriles is 1. The van der Waals surface area contributed by atoms with Gasteiger partial charge in [0.25, 0.3) is 0 Å². The maximum absolute atomic E-state index is 12.2. The molecule has 1 unspecified atom stereocenters. The highest BCUT2D eigenvalue weighted by atomic mass is 16.2. The molecular formula is C12H21N3O. The van der Waals surface area contributed by atoms with E-state index in [9.17, 15) is 4.79 Å². The number of carbonyl (C=O) groups is 1. The molecular weight excluding hydrogens is 202 g/mol. The van der Waals surface area contributed by atoms with Crippen molar-refractivity contribution in [2.24, 2.45) is 5.92 Å². The van der Waals surface area contributed by atoms with Crippen LogP contribution in [0.5, 0.6) is 0 Å². The van der Waals surface area contributed by atoms with Crippen molar-refractivity contribution in [1.29, 1.82) is 5.26 Å². The third-order valence-corrected chi connectivity index (χ3v) is 2.92. The summed E-state index contributed by atoms with van der Waals surface area (Å²) in [5.74, 6) is 0.510. The summed E-state index contributed by atoms with van der Waals surface area (Å²) in [7, 11) is 0. The molecule has 1 heterocycles. The van der Waals surface area contributed by atoms with E-state index in [1.807, 2.05) is 4.90 Å². The van der Waals surface area contributed by atoms with Gasteiger partial charge in [-0.25, -0.2) is 0 Å². The molecule has 0 saturated carbocycles. The highest BCUT2D eigenvalue weighted by molar-refractivity contribution is 5.83. The SMILES string of the molecule is CC(C)CN1C(=O)C(CC#N)NCC1(C)C. The van der Waals surface area contributed by atoms with Gasteiger partial charge in [0.2, 0.25) is 5.91 Å². The molecule has 0 aromatic rings. The Morgan fingerprint density at radius 2 is 2.25 bits per heavy atom. The lowest BCUT2D eigenvalue weighted by Crippen LogP contribution is -2.65. The van der Waals surface area contributed by atoms with Crippen LogP contribution in [0.2, 0.25) is 0 Å². The van der Waals surface area contributed by atoms with Gasteiger partial charge in [-0.2, -0.15) is 5.26 Å². The van der Waals surface area contributed by atoms with Crippen molar-refractivity contribution in [2.45, 2.75) is 45.7 Å². The Balaban J connectivity index is 2.81. The first-order chi connectivity index (χ1) is 7.38. The predicted octanol–water partition coefficient (Wildman–Crippen LogP) is 1.14. The van der Waals surface area contributed by atoms with Crippen LogP contribution < -0.4 is 5.32 Å². The van der Waals surface area contributed by atoms with Crippen molar-refractivity contribution < 1.29 is 4.79 Å². The van der Waals surface area contributed by atoms with Gasteiger partial charge in [0.15, 0.2) is 0 Å². The van der Waals surface area contributed by atoms with Gasteiger partial charge in [-0.3, -0.25) is 4.79 Å². The average Bonchev–Trinajstić information content (AvgIpc) is 2.17. The molecule has 1 rings (SSSR count). The molecule has 1 atom stereocenters. The van der Waals surface area contributed by atoms with E-state index in [1.165, 1.54) is 0 Å². The van der Waals surface area contributed by atoms with E-state index >= 15 is 0 Å². The van der Waals surface area contributed by atoms with E-state index in [1.54, 1.807) is 0 Å². The normalized spacial score (nSPS) is 24.6. The zero-order valence-electron chi connectivity index (χ0n) is 10.6. The topological polar surface area (TPSA) is 56.1 Å². The molecule has 4 heteroatoms. The van der Waals surface area contributed by atoms with E-state index < -0.39 is 0 Å². The average molecular weight is 223 g/mol. The van der Waals surface area contributed by atoms with Crippen LogP contribution in [-0.2, 0) is 4.79 Å². The molecule has 1 aliphatic rings. The summed E-state index contributed by atoms with van der Waals surface area (Å²) in [6.07, 6.45) is 0.253. The Morgan fingerprint density at radius 3 is 2.75 bits per heavy atom. The highest BCUT2D eigenvalue weighted by Gasteiger charge is 2.39. The Kier molecular flexibility index (Phi) is 3.93. The van der Waals surface area contributed by atoms with Crippen molar-refractivity contribution in [3.05, 3.63) is 0 Å². The third-order valence-electron chi connectivity index (χ3n) is 2.92. The number of carbonyl (C=O) groups excluding carboxylic acids is 1. The van der Waals surface area contributed by atoms with E-state index in [0.29, 0.717) is 5.92 Å². The number of piperazine rings is 1. The lowest BCUT2D eigenvalue weighted by atomic mass is 9.94. The molecule has 0 aliphatic carbocycles. The monoisotopic (exact) mass is 223 g/mol. The van der Waals surface area contributed by atoms with Crippen LogP contribution in [0.15, 0.2) is 0 Å². The van der Waals surface area contributed by atoms with E-state index in [2.05, 4.69) is 39.1 Å². The van der Waals surface area contributed by atoms with E-state index in [4.69, 9.17) is 5.26 Å². The van der Waals surface area contributed by atoms with Gasteiger partial charge in [0, 0.05) is 18.6 Å². The maximum atomic E-state index is 12.2. The minimum atomic E-state index is -0.322. The molecule has 16 heavy (non-hydrogen) atoms. The number of amides is 1. The van der Waals surface area contributed by atoms with Crippen LogP contribution in [0.25, 0.3) is 0 Å². The van der Waals surface area contributed by atoms with Gasteiger partial charge in [0.05, 0.1) is 12.5 Å². The fraction of sp³-hybridized carbons (Fsp3) is 0.833. The second kappa shape index (κ2) is 4.84. The fourth-order valence-corrected chi connectivity index (χ4v) is 2.00. The quantitative estimate of drug-likeness (QED) is 0.780. The first-order valence-electron chi connectivity index (χ1n) is 5.80. The summed E-state index contributed by atoms with van der Waals surface area (Å²) < 4.78 is 0. The van der Waals surface area contributed by atoms with Crippen LogP contribution in [0.3, 0.4) is 0 Å². The summed E-state index contributed by atoms with van der Waals surface area (Å²) in [6.45, 7) is 9.83. The second-order valence-corrected chi connectivity index (χ2v) is 5.45. The van der Waals surface area contributed by atoms with Crippen LogP contribution in [0.4, 0.5) is 0 Å². The van der Waals surface area contributed by atoms with Crippen LogP contribution in [0, 0.1) is 17.2 Å². The summed E-state index contributed by atoms with van der Waals surface area (Å²) in [5.41, 5.74) is -0.159. The number of nitrogens with zero attached hydrogens (tertiary/aromatic N) is 2. The standard InChI is InChI=1S/C12H21N3O/c1-9(2)7-15-11(16)10(5-6-13)14-8-12(15,3)4/h9-10,14H,5,7-8H2,1-4H3. The lowest BCUT2D eigenvalue weighted by molar-refractivity contribution is -0.143. The Hall–Kier alpha value is -1.08. The molecule has 1 aliphatic heterocycles. The first-order valence-corrected chi connectivity index (χ1v) is 5.80. The van der Waals surface area contributed by atoms with E-state index in [-0.39, 0.29) is 23.9 Å². The van der Waals surface area contributed by atoms with Crippen molar-refractivity contribution in [1.82, 2.24) is 10.2 Å². The third kappa shape index (κ3) is 2.73. The smallest absolute Gasteiger partial charge is 0.241 e. The molecule has 90 valence electrons. The molecule has 1 amide bonds. The van der Waals surface area contributed by atoms with Gasteiger partial charge in [-0.1, -0.05) is 13.8 Å². The van der Waals surface area contributed by atoms with Crippen molar-refractivity contribution in [3.63, 3.8) is 0 Å². The molecule has 1 saturated heterocycles. The minimum Gasteiger partial charge on any atom is -0.335 e. The molecule has 0 radical (unpaired) electrons. The predicted molar refractivity (Wildman–Crippen MR) is 62.7 cm³/mol. The Morgan fingerprint density at radius 1 is 1.62 bits per heavy atom. The Bertz CT molecular complexity index is 304. The number of hydrogen-bond acceptors (Lipinski definition) is 3. The molecule has 0 aromatic carbocycles. The van der Waals surface area contributed by atoms with Gasteiger partial charge in [-0.15, -0.1) is 0 Å². The summed E-state index contributed by atoms with van der Waals surface area (Å²) in [5, 5.41) is 11.8. The molecule has 0 spiro atoms. The fourth-order valence-electron chi connectivity index (χ4n) is 2.00. The molecule has 4 nitrogen and oxygen atoms in total. The first kappa shape index (κ1) is 13.0. The van der Waals surface area contributed by atoms with Gasteiger partial charge >= 0.3 is 0 Å². The Labute approximate surface area is 97.6 Å². The summed E-state index contributed by atoms with van der Waals surface area (Å²) in [6, 6.07) is 1.74. The molecule has 0 aromatic heterocycles. The maximum Gasteiger partial charge on any atom is 0.241 e.